The second-order valence-electron chi connectivity index (χ2n) is 5.10. The molecular weight excluding hydrogens is 328 g/mol. The van der Waals surface area contributed by atoms with E-state index in [1.807, 2.05) is 12.1 Å². The van der Waals surface area contributed by atoms with Gasteiger partial charge in [0.25, 0.3) is 0 Å². The number of pyridine rings is 1. The fourth-order valence-corrected chi connectivity index (χ4v) is 2.48. The highest BCUT2D eigenvalue weighted by atomic mass is 79.9. The third-order valence-corrected chi connectivity index (χ3v) is 3.62. The van der Waals surface area contributed by atoms with Gasteiger partial charge in [-0.1, -0.05) is 30.3 Å². The van der Waals surface area contributed by atoms with Crippen LogP contribution < -0.4 is 11.1 Å². The third-order valence-electron chi connectivity index (χ3n) is 3.19. The molecular formula is C16H21BrN4. The number of benzene rings is 1. The van der Waals surface area contributed by atoms with Crippen LogP contribution in [0.15, 0.2) is 47.1 Å². The molecule has 0 spiro atoms. The standard InChI is InChI=1S/C16H21BrN4/c1-21(12-13-6-3-2-4-7-13)9-5-8-19-16-15(18)10-14(17)11-20-16/h2-4,6-7,10-11H,5,8-9,12,18H2,1H3,(H,19,20). The van der Waals surface area contributed by atoms with Gasteiger partial charge in [-0.25, -0.2) is 4.98 Å². The summed E-state index contributed by atoms with van der Waals surface area (Å²) in [5.74, 6) is 0.754. The monoisotopic (exact) mass is 348 g/mol. The minimum absolute atomic E-state index is 0.669. The van der Waals surface area contributed by atoms with E-state index in [1.165, 1.54) is 5.56 Å². The van der Waals surface area contributed by atoms with Crippen LogP contribution in [0, 0.1) is 0 Å². The van der Waals surface area contributed by atoms with Crippen molar-refractivity contribution in [3.63, 3.8) is 0 Å². The molecule has 0 aliphatic carbocycles. The second kappa shape index (κ2) is 8.00. The summed E-state index contributed by atoms with van der Waals surface area (Å²) < 4.78 is 0.896. The van der Waals surface area contributed by atoms with Gasteiger partial charge in [0.2, 0.25) is 0 Å². The number of nitrogens with one attached hydrogen (secondary N) is 1. The molecule has 0 aliphatic rings. The molecule has 0 atom stereocenters. The predicted molar refractivity (Wildman–Crippen MR) is 92.2 cm³/mol. The van der Waals surface area contributed by atoms with Crippen molar-refractivity contribution in [2.24, 2.45) is 0 Å². The van der Waals surface area contributed by atoms with Crippen molar-refractivity contribution in [1.82, 2.24) is 9.88 Å². The second-order valence-corrected chi connectivity index (χ2v) is 6.01. The number of nitrogens with two attached hydrogens (primary N) is 1. The number of nitrogens with zero attached hydrogens (tertiary/aromatic N) is 2. The van der Waals surface area contributed by atoms with E-state index in [4.69, 9.17) is 5.73 Å². The van der Waals surface area contributed by atoms with Crippen LogP contribution in [-0.4, -0.2) is 30.0 Å². The van der Waals surface area contributed by atoms with Gasteiger partial charge in [-0.05, 0) is 47.6 Å². The summed E-state index contributed by atoms with van der Waals surface area (Å²) in [6.07, 6.45) is 2.79. The van der Waals surface area contributed by atoms with Crippen LogP contribution in [-0.2, 0) is 6.54 Å². The molecule has 21 heavy (non-hydrogen) atoms. The van der Waals surface area contributed by atoms with Crippen molar-refractivity contribution in [3.05, 3.63) is 52.6 Å². The lowest BCUT2D eigenvalue weighted by molar-refractivity contribution is 0.325. The largest absolute Gasteiger partial charge is 0.396 e. The van der Waals surface area contributed by atoms with Crippen LogP contribution in [0.1, 0.15) is 12.0 Å². The van der Waals surface area contributed by atoms with Crippen molar-refractivity contribution in [2.75, 3.05) is 31.2 Å². The van der Waals surface area contributed by atoms with E-state index in [-0.39, 0.29) is 0 Å². The van der Waals surface area contributed by atoms with E-state index in [2.05, 4.69) is 62.4 Å². The summed E-state index contributed by atoms with van der Waals surface area (Å²) in [4.78, 5) is 6.58. The first-order chi connectivity index (χ1) is 10.1. The van der Waals surface area contributed by atoms with Gasteiger partial charge in [0.1, 0.15) is 5.82 Å². The zero-order valence-electron chi connectivity index (χ0n) is 12.2. The first kappa shape index (κ1) is 15.8. The van der Waals surface area contributed by atoms with Gasteiger partial charge < -0.3 is 16.0 Å². The fraction of sp³-hybridized carbons (Fsp3) is 0.312. The Bertz CT molecular complexity index is 559. The lowest BCUT2D eigenvalue weighted by Gasteiger charge is -2.17. The van der Waals surface area contributed by atoms with Crippen LogP contribution in [0.2, 0.25) is 0 Å². The normalized spacial score (nSPS) is 10.8. The predicted octanol–water partition coefficient (Wildman–Crippen LogP) is 3.36. The van der Waals surface area contributed by atoms with Crippen LogP contribution in [0.3, 0.4) is 0 Å². The van der Waals surface area contributed by atoms with Crippen molar-refractivity contribution < 1.29 is 0 Å². The number of nitrogen functional groups attached to an aromatic ring is 1. The van der Waals surface area contributed by atoms with Crippen LogP contribution >= 0.6 is 15.9 Å². The lowest BCUT2D eigenvalue weighted by atomic mass is 10.2. The fourth-order valence-electron chi connectivity index (χ4n) is 2.13. The van der Waals surface area contributed by atoms with E-state index in [9.17, 15) is 0 Å². The van der Waals surface area contributed by atoms with Gasteiger partial charge in [0.05, 0.1) is 5.69 Å². The lowest BCUT2D eigenvalue weighted by Crippen LogP contribution is -2.21. The zero-order valence-corrected chi connectivity index (χ0v) is 13.8. The molecule has 112 valence electrons. The summed E-state index contributed by atoms with van der Waals surface area (Å²) in [7, 11) is 2.14. The highest BCUT2D eigenvalue weighted by Crippen LogP contribution is 2.19. The van der Waals surface area contributed by atoms with Gasteiger partial charge in [0.15, 0.2) is 0 Å². The zero-order chi connectivity index (χ0) is 15.1. The molecule has 5 heteroatoms. The topological polar surface area (TPSA) is 54.2 Å². The molecule has 0 aliphatic heterocycles. The Kier molecular flexibility index (Phi) is 6.02. The van der Waals surface area contributed by atoms with Gasteiger partial charge in [-0.3, -0.25) is 0 Å². The Labute approximate surface area is 134 Å². The molecule has 0 saturated carbocycles. The summed E-state index contributed by atoms with van der Waals surface area (Å²) in [6.45, 7) is 2.86. The SMILES string of the molecule is CN(CCCNc1ncc(Br)cc1N)Cc1ccccc1. The molecule has 1 aromatic carbocycles. The van der Waals surface area contributed by atoms with E-state index in [0.29, 0.717) is 5.69 Å². The van der Waals surface area contributed by atoms with Crippen molar-refractivity contribution >= 4 is 27.4 Å². The maximum absolute atomic E-state index is 5.90. The van der Waals surface area contributed by atoms with E-state index in [0.717, 1.165) is 36.3 Å². The highest BCUT2D eigenvalue weighted by Gasteiger charge is 2.02. The van der Waals surface area contributed by atoms with E-state index < -0.39 is 0 Å². The molecule has 1 aromatic heterocycles. The molecule has 0 fully saturated rings. The molecule has 4 nitrogen and oxygen atoms in total. The molecule has 0 amide bonds. The minimum Gasteiger partial charge on any atom is -0.396 e. The maximum Gasteiger partial charge on any atom is 0.149 e. The van der Waals surface area contributed by atoms with Gasteiger partial charge in [-0.2, -0.15) is 0 Å². The molecule has 2 aromatic rings. The van der Waals surface area contributed by atoms with Crippen LogP contribution in [0.4, 0.5) is 11.5 Å². The quantitative estimate of drug-likeness (QED) is 0.753. The van der Waals surface area contributed by atoms with Crippen LogP contribution in [0.5, 0.6) is 0 Å². The average molecular weight is 349 g/mol. The van der Waals surface area contributed by atoms with Crippen molar-refractivity contribution in [1.29, 1.82) is 0 Å². The first-order valence-electron chi connectivity index (χ1n) is 7.02. The number of rotatable bonds is 7. The molecule has 0 radical (unpaired) electrons. The summed E-state index contributed by atoms with van der Waals surface area (Å²) >= 11 is 3.35. The van der Waals surface area contributed by atoms with Crippen LogP contribution in [0.25, 0.3) is 0 Å². The Morgan fingerprint density at radius 3 is 2.76 bits per heavy atom. The van der Waals surface area contributed by atoms with E-state index in [1.54, 1.807) is 6.20 Å². The molecule has 1 heterocycles. The first-order valence-corrected chi connectivity index (χ1v) is 7.82. The van der Waals surface area contributed by atoms with Gasteiger partial charge in [-0.15, -0.1) is 0 Å². The Balaban J connectivity index is 1.69. The number of hydrogen-bond donors (Lipinski definition) is 2. The van der Waals surface area contributed by atoms with Crippen molar-refractivity contribution in [2.45, 2.75) is 13.0 Å². The molecule has 3 N–H and O–H groups in total. The average Bonchev–Trinajstić information content (AvgIpc) is 2.46. The molecule has 0 bridgehead atoms. The van der Waals surface area contributed by atoms with Crippen molar-refractivity contribution in [3.8, 4) is 0 Å². The Morgan fingerprint density at radius 1 is 1.29 bits per heavy atom. The van der Waals surface area contributed by atoms with Gasteiger partial charge >= 0.3 is 0 Å². The summed E-state index contributed by atoms with van der Waals surface area (Å²) in [5.41, 5.74) is 7.91. The number of anilines is 2. The van der Waals surface area contributed by atoms with E-state index >= 15 is 0 Å². The third kappa shape index (κ3) is 5.36. The smallest absolute Gasteiger partial charge is 0.149 e. The Hall–Kier alpha value is -1.59. The summed E-state index contributed by atoms with van der Waals surface area (Å²) in [5, 5.41) is 3.28. The number of halogens is 1. The minimum atomic E-state index is 0.669. The number of hydrogen-bond acceptors (Lipinski definition) is 4. The number of aromatic nitrogens is 1. The highest BCUT2D eigenvalue weighted by molar-refractivity contribution is 9.10. The molecule has 0 unspecified atom stereocenters. The molecule has 2 rings (SSSR count). The maximum atomic E-state index is 5.90. The summed E-state index contributed by atoms with van der Waals surface area (Å²) in [6, 6.07) is 12.4. The molecule has 0 saturated heterocycles. The van der Waals surface area contributed by atoms with Gasteiger partial charge in [0, 0.05) is 23.8 Å². The Morgan fingerprint density at radius 2 is 2.05 bits per heavy atom.